The quantitative estimate of drug-likeness (QED) is 0.599. The van der Waals surface area contributed by atoms with Gasteiger partial charge in [-0.2, -0.15) is 0 Å². The summed E-state index contributed by atoms with van der Waals surface area (Å²) in [5.74, 6) is 0. The fourth-order valence-electron chi connectivity index (χ4n) is 1.40. The maximum atomic E-state index is 5.87. The van der Waals surface area contributed by atoms with Crippen molar-refractivity contribution in [1.29, 1.82) is 0 Å². The number of hydrogen-bond donors (Lipinski definition) is 0. The minimum atomic E-state index is -0.0825. The Bertz CT molecular complexity index is 366. The predicted octanol–water partition coefficient (Wildman–Crippen LogP) is 3.38. The van der Waals surface area contributed by atoms with Gasteiger partial charge in [0.2, 0.25) is 0 Å². The van der Waals surface area contributed by atoms with E-state index in [1.807, 2.05) is 18.2 Å². The molecule has 1 aromatic carbocycles. The van der Waals surface area contributed by atoms with Crippen LogP contribution >= 0.6 is 11.6 Å². The Labute approximate surface area is 83.4 Å². The molecule has 0 amide bonds. The topological polar surface area (TPSA) is 14.1 Å². The van der Waals surface area contributed by atoms with E-state index in [0.717, 1.165) is 16.3 Å². The van der Waals surface area contributed by atoms with Gasteiger partial charge in [0.15, 0.2) is 0 Å². The molecule has 0 aliphatic carbocycles. The van der Waals surface area contributed by atoms with E-state index in [4.69, 9.17) is 11.6 Å². The van der Waals surface area contributed by atoms with Crippen LogP contribution in [0, 0.1) is 0 Å². The number of halogens is 1. The average Bonchev–Trinajstić information content (AvgIpc) is 2.05. The first-order valence-corrected chi connectivity index (χ1v) is 4.66. The number of benzene rings is 1. The Morgan fingerprint density at radius 3 is 2.85 bits per heavy atom. The number of nitrogens with zero attached hydrogens (tertiary/aromatic N) is 1. The van der Waals surface area contributed by atoms with Crippen LogP contribution in [0.4, 0.5) is 5.69 Å². The van der Waals surface area contributed by atoms with Gasteiger partial charge in [0, 0.05) is 10.6 Å². The van der Waals surface area contributed by atoms with Gasteiger partial charge in [-0.1, -0.05) is 23.8 Å². The van der Waals surface area contributed by atoms with Crippen LogP contribution in [-0.2, 0) is 0 Å². The van der Waals surface area contributed by atoms with Gasteiger partial charge >= 0.3 is 0 Å². The van der Waals surface area contributed by atoms with Crippen LogP contribution < -0.4 is 5.32 Å². The third-order valence-electron chi connectivity index (χ3n) is 2.07. The van der Waals surface area contributed by atoms with Crippen LogP contribution in [0.1, 0.15) is 19.4 Å². The molecule has 1 aliphatic rings. The molecule has 0 bridgehead atoms. The maximum Gasteiger partial charge on any atom is 0.0742 e. The summed E-state index contributed by atoms with van der Waals surface area (Å²) in [5, 5.41) is 5.34. The summed E-state index contributed by atoms with van der Waals surface area (Å²) in [6.07, 6.45) is 4.17. The Balaban J connectivity index is 2.47. The molecule has 67 valence electrons. The van der Waals surface area contributed by atoms with Gasteiger partial charge in [0.25, 0.3) is 0 Å². The van der Waals surface area contributed by atoms with E-state index < -0.39 is 0 Å². The highest BCUT2D eigenvalue weighted by atomic mass is 35.5. The SMILES string of the molecule is CC1(C)C=Cc2cc(Cl)ccc2[N]1. The van der Waals surface area contributed by atoms with Gasteiger partial charge < -0.3 is 0 Å². The molecule has 2 rings (SSSR count). The lowest BCUT2D eigenvalue weighted by atomic mass is 9.97. The van der Waals surface area contributed by atoms with Gasteiger partial charge in [-0.05, 0) is 32.0 Å². The molecule has 0 saturated carbocycles. The zero-order valence-electron chi connectivity index (χ0n) is 7.71. The summed E-state index contributed by atoms with van der Waals surface area (Å²) in [4.78, 5) is 0. The van der Waals surface area contributed by atoms with E-state index in [1.54, 1.807) is 0 Å². The van der Waals surface area contributed by atoms with Crippen molar-refractivity contribution in [2.24, 2.45) is 0 Å². The fraction of sp³-hybridized carbons (Fsp3) is 0.273. The van der Waals surface area contributed by atoms with Crippen LogP contribution in [0.5, 0.6) is 0 Å². The second-order valence-electron chi connectivity index (χ2n) is 3.80. The highest BCUT2D eigenvalue weighted by Crippen LogP contribution is 2.30. The van der Waals surface area contributed by atoms with Crippen molar-refractivity contribution in [3.8, 4) is 0 Å². The third-order valence-corrected chi connectivity index (χ3v) is 2.30. The Morgan fingerprint density at radius 1 is 1.31 bits per heavy atom. The zero-order chi connectivity index (χ0) is 9.47. The van der Waals surface area contributed by atoms with Gasteiger partial charge in [-0.25, -0.2) is 0 Å². The average molecular weight is 193 g/mol. The van der Waals surface area contributed by atoms with Crippen LogP contribution in [0.15, 0.2) is 24.3 Å². The molecular weight excluding hydrogens is 182 g/mol. The first-order chi connectivity index (χ1) is 6.07. The summed E-state index contributed by atoms with van der Waals surface area (Å²) in [6.45, 7) is 4.17. The predicted molar refractivity (Wildman–Crippen MR) is 56.4 cm³/mol. The molecule has 0 aromatic heterocycles. The molecule has 0 atom stereocenters. The van der Waals surface area contributed by atoms with E-state index in [-0.39, 0.29) is 5.54 Å². The molecule has 1 aromatic rings. The van der Waals surface area contributed by atoms with Crippen molar-refractivity contribution in [2.45, 2.75) is 19.4 Å². The molecule has 2 heteroatoms. The molecule has 0 spiro atoms. The summed E-state index contributed by atoms with van der Waals surface area (Å²) in [5.41, 5.74) is 2.05. The van der Waals surface area contributed by atoms with Crippen LogP contribution in [-0.4, -0.2) is 5.54 Å². The number of hydrogen-bond acceptors (Lipinski definition) is 0. The summed E-state index contributed by atoms with van der Waals surface area (Å²) >= 11 is 5.87. The molecule has 1 heterocycles. The molecular formula is C11H11ClN. The fourth-order valence-corrected chi connectivity index (χ4v) is 1.58. The second kappa shape index (κ2) is 2.78. The van der Waals surface area contributed by atoms with E-state index in [0.29, 0.717) is 0 Å². The van der Waals surface area contributed by atoms with E-state index >= 15 is 0 Å². The lowest BCUT2D eigenvalue weighted by molar-refractivity contribution is 0.546. The van der Waals surface area contributed by atoms with Crippen LogP contribution in [0.3, 0.4) is 0 Å². The summed E-state index contributed by atoms with van der Waals surface area (Å²) in [6, 6.07) is 5.77. The van der Waals surface area contributed by atoms with E-state index in [1.165, 1.54) is 0 Å². The standard InChI is InChI=1S/C11H11ClN/c1-11(2)6-5-8-7-9(12)3-4-10(8)13-11/h3-7H,1-2H3. The van der Waals surface area contributed by atoms with Gasteiger partial charge in [-0.3, -0.25) is 5.32 Å². The highest BCUT2D eigenvalue weighted by Gasteiger charge is 2.20. The monoisotopic (exact) mass is 192 g/mol. The number of rotatable bonds is 0. The van der Waals surface area contributed by atoms with Crippen molar-refractivity contribution in [3.63, 3.8) is 0 Å². The van der Waals surface area contributed by atoms with E-state index in [9.17, 15) is 0 Å². The van der Waals surface area contributed by atoms with Crippen molar-refractivity contribution < 1.29 is 0 Å². The number of fused-ring (bicyclic) bond motifs is 1. The third kappa shape index (κ3) is 1.70. The molecule has 1 radical (unpaired) electrons. The largest absolute Gasteiger partial charge is 0.275 e. The summed E-state index contributed by atoms with van der Waals surface area (Å²) < 4.78 is 0. The second-order valence-corrected chi connectivity index (χ2v) is 4.24. The molecule has 0 N–H and O–H groups in total. The first-order valence-electron chi connectivity index (χ1n) is 4.28. The minimum absolute atomic E-state index is 0.0825. The highest BCUT2D eigenvalue weighted by molar-refractivity contribution is 6.30. The van der Waals surface area contributed by atoms with Crippen LogP contribution in [0.2, 0.25) is 5.02 Å². The lowest BCUT2D eigenvalue weighted by Gasteiger charge is -2.25. The van der Waals surface area contributed by atoms with Crippen molar-refractivity contribution >= 4 is 23.4 Å². The molecule has 1 aliphatic heterocycles. The van der Waals surface area contributed by atoms with Crippen molar-refractivity contribution in [3.05, 3.63) is 34.9 Å². The molecule has 0 fully saturated rings. The normalized spacial score (nSPS) is 17.8. The smallest absolute Gasteiger partial charge is 0.0742 e. The Hall–Kier alpha value is -0.950. The Kier molecular flexibility index (Phi) is 1.85. The lowest BCUT2D eigenvalue weighted by Crippen LogP contribution is -2.29. The van der Waals surface area contributed by atoms with Crippen molar-refractivity contribution in [1.82, 2.24) is 5.32 Å². The van der Waals surface area contributed by atoms with Crippen LogP contribution in [0.25, 0.3) is 6.08 Å². The van der Waals surface area contributed by atoms with Gasteiger partial charge in [-0.15, -0.1) is 0 Å². The van der Waals surface area contributed by atoms with Gasteiger partial charge in [0.05, 0.1) is 11.2 Å². The van der Waals surface area contributed by atoms with E-state index in [2.05, 4.69) is 31.3 Å². The molecule has 0 saturated heterocycles. The molecule has 0 unspecified atom stereocenters. The van der Waals surface area contributed by atoms with Gasteiger partial charge in [0.1, 0.15) is 0 Å². The molecule has 13 heavy (non-hydrogen) atoms. The zero-order valence-corrected chi connectivity index (χ0v) is 8.47. The first kappa shape index (κ1) is 8.64. The van der Waals surface area contributed by atoms with Crippen molar-refractivity contribution in [2.75, 3.05) is 0 Å². The molecule has 1 nitrogen and oxygen atoms in total. The summed E-state index contributed by atoms with van der Waals surface area (Å²) in [7, 11) is 0. The minimum Gasteiger partial charge on any atom is -0.275 e. The maximum absolute atomic E-state index is 5.87. The Morgan fingerprint density at radius 2 is 2.08 bits per heavy atom.